The molecular weight excluding hydrogens is 504 g/mol. The molecule has 0 fully saturated rings. The molecule has 1 atom stereocenters. The molecule has 0 aliphatic carbocycles. The number of primary sulfonamides is 1. The van der Waals surface area contributed by atoms with Crippen molar-refractivity contribution in [3.8, 4) is 5.75 Å². The number of carbonyl (C=O) groups is 1. The average molecular weight is 531 g/mol. The molecule has 0 aliphatic heterocycles. The molecule has 3 aromatic carbocycles. The predicted octanol–water partition coefficient (Wildman–Crippen LogP) is 4.66. The van der Waals surface area contributed by atoms with Crippen LogP contribution in [0, 0.1) is 0 Å². The Bertz CT molecular complexity index is 1300. The lowest BCUT2D eigenvalue weighted by Crippen LogP contribution is -2.24. The van der Waals surface area contributed by atoms with Gasteiger partial charge in [-0.05, 0) is 73.2 Å². The third-order valence-electron chi connectivity index (χ3n) is 4.84. The SMILES string of the molecule is CCC(Sc1cccc(NC(=S)Nc2ccccc2OC)c1)C(=O)Nc1ccc(S(N)(=O)=O)cc1. The third kappa shape index (κ3) is 7.69. The number of ether oxygens (including phenoxy) is 1. The number of carbonyl (C=O) groups excluding carboxylic acids is 1. The molecule has 0 aliphatic rings. The second kappa shape index (κ2) is 12.0. The van der Waals surface area contributed by atoms with Gasteiger partial charge in [-0.3, -0.25) is 4.79 Å². The summed E-state index contributed by atoms with van der Waals surface area (Å²) in [4.78, 5) is 13.7. The van der Waals surface area contributed by atoms with E-state index in [1.807, 2.05) is 55.5 Å². The molecule has 8 nitrogen and oxygen atoms in total. The Morgan fingerprint density at radius 2 is 1.71 bits per heavy atom. The smallest absolute Gasteiger partial charge is 0.238 e. The van der Waals surface area contributed by atoms with Gasteiger partial charge in [0.1, 0.15) is 5.75 Å². The maximum Gasteiger partial charge on any atom is 0.238 e. The summed E-state index contributed by atoms with van der Waals surface area (Å²) in [5, 5.41) is 14.3. The zero-order chi connectivity index (χ0) is 25.4. The number of rotatable bonds is 9. The number of amides is 1. The Hall–Kier alpha value is -3.12. The van der Waals surface area contributed by atoms with Crippen molar-refractivity contribution < 1.29 is 17.9 Å². The van der Waals surface area contributed by atoms with Gasteiger partial charge in [0.2, 0.25) is 15.9 Å². The summed E-state index contributed by atoms with van der Waals surface area (Å²) in [5.41, 5.74) is 2.01. The molecule has 0 heterocycles. The van der Waals surface area contributed by atoms with Crippen LogP contribution < -0.4 is 25.8 Å². The molecule has 0 radical (unpaired) electrons. The van der Waals surface area contributed by atoms with Crippen molar-refractivity contribution in [1.82, 2.24) is 0 Å². The van der Waals surface area contributed by atoms with Crippen molar-refractivity contribution in [2.75, 3.05) is 23.1 Å². The van der Waals surface area contributed by atoms with Crippen LogP contribution in [0.2, 0.25) is 0 Å². The van der Waals surface area contributed by atoms with Crippen LogP contribution in [0.1, 0.15) is 13.3 Å². The third-order valence-corrected chi connectivity index (χ3v) is 7.33. The fourth-order valence-corrected chi connectivity index (χ4v) is 4.87. The van der Waals surface area contributed by atoms with Gasteiger partial charge >= 0.3 is 0 Å². The summed E-state index contributed by atoms with van der Waals surface area (Å²) in [5.74, 6) is 0.490. The molecule has 3 rings (SSSR count). The first-order chi connectivity index (χ1) is 16.7. The largest absolute Gasteiger partial charge is 0.495 e. The molecule has 0 saturated carbocycles. The van der Waals surface area contributed by atoms with Gasteiger partial charge in [0.15, 0.2) is 5.11 Å². The van der Waals surface area contributed by atoms with Crippen molar-refractivity contribution >= 4 is 62.1 Å². The summed E-state index contributed by atoms with van der Waals surface area (Å²) in [6.45, 7) is 1.93. The zero-order valence-electron chi connectivity index (χ0n) is 19.1. The summed E-state index contributed by atoms with van der Waals surface area (Å²) in [6, 6.07) is 20.8. The van der Waals surface area contributed by atoms with E-state index in [0.29, 0.717) is 23.0 Å². The number of para-hydroxylation sites is 2. The molecule has 184 valence electrons. The molecule has 35 heavy (non-hydrogen) atoms. The van der Waals surface area contributed by atoms with Crippen molar-refractivity contribution in [2.24, 2.45) is 5.14 Å². The fourth-order valence-electron chi connectivity index (χ4n) is 3.12. The van der Waals surface area contributed by atoms with Crippen LogP contribution >= 0.6 is 24.0 Å². The number of nitrogens with two attached hydrogens (primary N) is 1. The molecular formula is C24H26N4O4S3. The monoisotopic (exact) mass is 530 g/mol. The number of hydrogen-bond acceptors (Lipinski definition) is 6. The normalized spacial score (nSPS) is 11.9. The van der Waals surface area contributed by atoms with E-state index in [0.717, 1.165) is 16.3 Å². The highest BCUT2D eigenvalue weighted by atomic mass is 32.2. The molecule has 0 spiro atoms. The molecule has 5 N–H and O–H groups in total. The molecule has 0 aromatic heterocycles. The predicted molar refractivity (Wildman–Crippen MR) is 146 cm³/mol. The van der Waals surface area contributed by atoms with Crippen molar-refractivity contribution in [2.45, 2.75) is 28.4 Å². The second-order valence-corrected chi connectivity index (χ2v) is 10.6. The summed E-state index contributed by atoms with van der Waals surface area (Å²) in [6.07, 6.45) is 0.594. The van der Waals surface area contributed by atoms with Gasteiger partial charge in [0.05, 0.1) is 22.9 Å². The van der Waals surface area contributed by atoms with Crippen LogP contribution in [0.4, 0.5) is 17.1 Å². The van der Waals surface area contributed by atoms with E-state index in [2.05, 4.69) is 16.0 Å². The van der Waals surface area contributed by atoms with E-state index in [1.165, 1.54) is 36.0 Å². The topological polar surface area (TPSA) is 123 Å². The first kappa shape index (κ1) is 26.5. The van der Waals surface area contributed by atoms with E-state index in [9.17, 15) is 13.2 Å². The van der Waals surface area contributed by atoms with Gasteiger partial charge in [0.25, 0.3) is 0 Å². The van der Waals surface area contributed by atoms with Crippen LogP contribution in [0.25, 0.3) is 0 Å². The Kier molecular flexibility index (Phi) is 9.10. The molecule has 1 unspecified atom stereocenters. The van der Waals surface area contributed by atoms with Gasteiger partial charge in [0, 0.05) is 16.3 Å². The van der Waals surface area contributed by atoms with Crippen LogP contribution in [0.15, 0.2) is 82.6 Å². The Balaban J connectivity index is 1.62. The molecule has 1 amide bonds. The fraction of sp³-hybridized carbons (Fsp3) is 0.167. The Morgan fingerprint density at radius 1 is 1.00 bits per heavy atom. The van der Waals surface area contributed by atoms with Crippen LogP contribution in [0.5, 0.6) is 5.75 Å². The van der Waals surface area contributed by atoms with E-state index < -0.39 is 10.0 Å². The van der Waals surface area contributed by atoms with E-state index in [1.54, 1.807) is 7.11 Å². The summed E-state index contributed by atoms with van der Waals surface area (Å²) in [7, 11) is -2.19. The average Bonchev–Trinajstić information content (AvgIpc) is 2.82. The van der Waals surface area contributed by atoms with E-state index in [-0.39, 0.29) is 16.1 Å². The number of thioether (sulfide) groups is 1. The number of benzene rings is 3. The number of sulfonamides is 1. The first-order valence-corrected chi connectivity index (χ1v) is 13.4. The zero-order valence-corrected chi connectivity index (χ0v) is 21.6. The summed E-state index contributed by atoms with van der Waals surface area (Å²) >= 11 is 6.86. The number of hydrogen-bond donors (Lipinski definition) is 4. The van der Waals surface area contributed by atoms with Crippen molar-refractivity contribution in [3.05, 3.63) is 72.8 Å². The van der Waals surface area contributed by atoms with Crippen LogP contribution in [-0.4, -0.2) is 31.8 Å². The number of thiocarbonyl (C=S) groups is 1. The summed E-state index contributed by atoms with van der Waals surface area (Å²) < 4.78 is 28.1. The highest BCUT2D eigenvalue weighted by Crippen LogP contribution is 2.29. The Morgan fingerprint density at radius 3 is 2.37 bits per heavy atom. The van der Waals surface area contributed by atoms with Gasteiger partial charge in [-0.1, -0.05) is 25.1 Å². The minimum absolute atomic E-state index is 0.0145. The highest BCUT2D eigenvalue weighted by molar-refractivity contribution is 8.00. The number of nitrogens with one attached hydrogen (secondary N) is 3. The minimum atomic E-state index is -3.79. The quantitative estimate of drug-likeness (QED) is 0.233. The van der Waals surface area contributed by atoms with E-state index >= 15 is 0 Å². The van der Waals surface area contributed by atoms with Gasteiger partial charge < -0.3 is 20.7 Å². The van der Waals surface area contributed by atoms with Gasteiger partial charge in [-0.2, -0.15) is 0 Å². The van der Waals surface area contributed by atoms with Crippen LogP contribution in [-0.2, 0) is 14.8 Å². The number of anilines is 3. The molecule has 11 heteroatoms. The minimum Gasteiger partial charge on any atom is -0.495 e. The lowest BCUT2D eigenvalue weighted by molar-refractivity contribution is -0.115. The lowest BCUT2D eigenvalue weighted by Gasteiger charge is -2.16. The molecule has 3 aromatic rings. The van der Waals surface area contributed by atoms with Crippen molar-refractivity contribution in [3.63, 3.8) is 0 Å². The standard InChI is InChI=1S/C24H26N4O4S3/c1-3-22(23(29)26-16-11-13-19(14-12-16)35(25,30)31)34-18-8-6-7-17(15-18)27-24(33)28-20-9-4-5-10-21(20)32-2/h4-15,22H,3H2,1-2H3,(H,26,29)(H2,25,30,31)(H2,27,28,33). The molecule has 0 saturated heterocycles. The van der Waals surface area contributed by atoms with E-state index in [4.69, 9.17) is 22.1 Å². The molecule has 0 bridgehead atoms. The number of methoxy groups -OCH3 is 1. The lowest BCUT2D eigenvalue weighted by atomic mass is 10.2. The van der Waals surface area contributed by atoms with Gasteiger partial charge in [-0.15, -0.1) is 11.8 Å². The first-order valence-electron chi connectivity index (χ1n) is 10.6. The van der Waals surface area contributed by atoms with Gasteiger partial charge in [-0.25, -0.2) is 13.6 Å². The van der Waals surface area contributed by atoms with Crippen molar-refractivity contribution in [1.29, 1.82) is 0 Å². The Labute approximate surface area is 214 Å². The highest BCUT2D eigenvalue weighted by Gasteiger charge is 2.19. The van der Waals surface area contributed by atoms with Crippen LogP contribution in [0.3, 0.4) is 0 Å². The maximum absolute atomic E-state index is 12.8. The maximum atomic E-state index is 12.8. The second-order valence-electron chi connectivity index (χ2n) is 7.38.